The number of hydrogen-bond donors (Lipinski definition) is 1. The summed E-state index contributed by atoms with van der Waals surface area (Å²) in [5.41, 5.74) is 1.18. The number of ketones is 1. The summed E-state index contributed by atoms with van der Waals surface area (Å²) in [7, 11) is 0. The second kappa shape index (κ2) is 8.65. The molecule has 0 bridgehead atoms. The highest BCUT2D eigenvalue weighted by molar-refractivity contribution is 8.00. The van der Waals surface area contributed by atoms with Gasteiger partial charge in [-0.3, -0.25) is 9.59 Å². The van der Waals surface area contributed by atoms with Crippen molar-refractivity contribution in [3.05, 3.63) is 89.1 Å². The molecule has 0 atom stereocenters. The first-order valence-electron chi connectivity index (χ1n) is 7.86. The Morgan fingerprint density at radius 1 is 0.962 bits per heavy atom. The van der Waals surface area contributed by atoms with Crippen molar-refractivity contribution in [3.63, 3.8) is 0 Å². The summed E-state index contributed by atoms with van der Waals surface area (Å²) in [5.74, 6) is 0.526. The van der Waals surface area contributed by atoms with Gasteiger partial charge in [-0.2, -0.15) is 0 Å². The van der Waals surface area contributed by atoms with Crippen molar-refractivity contribution in [2.24, 2.45) is 0 Å². The molecule has 0 spiro atoms. The van der Waals surface area contributed by atoms with Gasteiger partial charge in [-0.25, -0.2) is 4.98 Å². The van der Waals surface area contributed by atoms with E-state index in [-0.39, 0.29) is 11.7 Å². The van der Waals surface area contributed by atoms with Gasteiger partial charge in [0.25, 0.3) is 5.91 Å². The summed E-state index contributed by atoms with van der Waals surface area (Å²) in [6.45, 7) is 0. The molecular formula is C20H15ClN2O2S. The van der Waals surface area contributed by atoms with Crippen molar-refractivity contribution < 1.29 is 9.59 Å². The Morgan fingerprint density at radius 3 is 2.46 bits per heavy atom. The molecule has 1 amide bonds. The van der Waals surface area contributed by atoms with Crippen LogP contribution in [0.1, 0.15) is 20.7 Å². The molecule has 0 aliphatic rings. The zero-order valence-corrected chi connectivity index (χ0v) is 15.3. The lowest BCUT2D eigenvalue weighted by Crippen LogP contribution is -2.12. The van der Waals surface area contributed by atoms with Crippen molar-refractivity contribution in [2.45, 2.75) is 4.90 Å². The lowest BCUT2D eigenvalue weighted by molar-refractivity contribution is 0.101. The van der Waals surface area contributed by atoms with Gasteiger partial charge in [0.2, 0.25) is 0 Å². The number of aromatic nitrogens is 1. The van der Waals surface area contributed by atoms with E-state index in [1.807, 2.05) is 24.3 Å². The van der Waals surface area contributed by atoms with Crippen LogP contribution in [0.25, 0.3) is 0 Å². The maximum Gasteiger partial charge on any atom is 0.256 e. The van der Waals surface area contributed by atoms with E-state index < -0.39 is 0 Å². The van der Waals surface area contributed by atoms with E-state index in [1.165, 1.54) is 18.0 Å². The Hall–Kier alpha value is -2.63. The summed E-state index contributed by atoms with van der Waals surface area (Å²) < 4.78 is 0. The Bertz CT molecular complexity index is 915. The van der Waals surface area contributed by atoms with Gasteiger partial charge in [-0.05, 0) is 30.3 Å². The summed E-state index contributed by atoms with van der Waals surface area (Å²) in [6.07, 6.45) is 1.47. The first kappa shape index (κ1) is 18.2. The van der Waals surface area contributed by atoms with Crippen LogP contribution in [0.3, 0.4) is 0 Å². The molecule has 0 saturated heterocycles. The van der Waals surface area contributed by atoms with Crippen LogP contribution in [0, 0.1) is 0 Å². The van der Waals surface area contributed by atoms with E-state index in [2.05, 4.69) is 10.3 Å². The zero-order valence-electron chi connectivity index (χ0n) is 13.7. The molecule has 1 heterocycles. The maximum absolute atomic E-state index is 12.4. The average molecular weight is 383 g/mol. The van der Waals surface area contributed by atoms with E-state index in [1.54, 1.807) is 42.5 Å². The number of carbonyl (C=O) groups is 2. The molecule has 2 aromatic carbocycles. The third-order valence-corrected chi connectivity index (χ3v) is 4.75. The van der Waals surface area contributed by atoms with Gasteiger partial charge in [-0.1, -0.05) is 48.0 Å². The number of amides is 1. The van der Waals surface area contributed by atoms with E-state index in [4.69, 9.17) is 11.6 Å². The van der Waals surface area contributed by atoms with E-state index in [0.29, 0.717) is 27.7 Å². The van der Waals surface area contributed by atoms with E-state index >= 15 is 0 Å². The van der Waals surface area contributed by atoms with Gasteiger partial charge < -0.3 is 5.32 Å². The lowest BCUT2D eigenvalue weighted by atomic mass is 10.2. The number of halogens is 1. The van der Waals surface area contributed by atoms with Crippen LogP contribution < -0.4 is 5.32 Å². The predicted octanol–water partition coefficient (Wildman–Crippen LogP) is 4.96. The molecule has 26 heavy (non-hydrogen) atoms. The third kappa shape index (κ3) is 4.94. The number of nitrogens with one attached hydrogen (secondary N) is 1. The summed E-state index contributed by atoms with van der Waals surface area (Å²) >= 11 is 7.19. The maximum atomic E-state index is 12.4. The fourth-order valence-corrected chi connectivity index (χ4v) is 3.18. The zero-order chi connectivity index (χ0) is 18.4. The van der Waals surface area contributed by atoms with Crippen LogP contribution in [0.5, 0.6) is 0 Å². The molecular weight excluding hydrogens is 368 g/mol. The minimum Gasteiger partial charge on any atom is -0.307 e. The minimum atomic E-state index is -0.267. The molecule has 130 valence electrons. The molecule has 0 aliphatic carbocycles. The normalized spacial score (nSPS) is 10.3. The van der Waals surface area contributed by atoms with Crippen LogP contribution in [0.4, 0.5) is 5.82 Å². The SMILES string of the molecule is O=C(CSc1cccc(C(=O)Nc2ccc(Cl)cn2)c1)c1ccccc1. The average Bonchev–Trinajstić information content (AvgIpc) is 2.69. The minimum absolute atomic E-state index is 0.0517. The topological polar surface area (TPSA) is 59.1 Å². The Morgan fingerprint density at radius 2 is 1.73 bits per heavy atom. The van der Waals surface area contributed by atoms with E-state index in [9.17, 15) is 9.59 Å². The number of Topliss-reactive ketones (excluding diaryl/α,β-unsaturated/α-hetero) is 1. The third-order valence-electron chi connectivity index (χ3n) is 3.53. The van der Waals surface area contributed by atoms with Gasteiger partial charge in [0.1, 0.15) is 5.82 Å². The first-order chi connectivity index (χ1) is 12.6. The van der Waals surface area contributed by atoms with Crippen LogP contribution >= 0.6 is 23.4 Å². The van der Waals surface area contributed by atoms with Gasteiger partial charge in [-0.15, -0.1) is 11.8 Å². The van der Waals surface area contributed by atoms with Crippen LogP contribution in [-0.2, 0) is 0 Å². The highest BCUT2D eigenvalue weighted by Crippen LogP contribution is 2.21. The first-order valence-corrected chi connectivity index (χ1v) is 9.22. The standard InChI is InChI=1S/C20H15ClN2O2S/c21-16-9-10-19(22-12-16)23-20(25)15-7-4-8-17(11-15)26-13-18(24)14-5-2-1-3-6-14/h1-12H,13H2,(H,22,23,25). The molecule has 0 radical (unpaired) electrons. The number of nitrogens with zero attached hydrogens (tertiary/aromatic N) is 1. The number of carbonyl (C=O) groups excluding carboxylic acids is 2. The Labute approximate surface area is 160 Å². The summed E-state index contributed by atoms with van der Waals surface area (Å²) in [4.78, 5) is 29.4. The fraction of sp³-hybridized carbons (Fsp3) is 0.0500. The van der Waals surface area contributed by atoms with Gasteiger partial charge in [0.15, 0.2) is 5.78 Å². The van der Waals surface area contributed by atoms with Gasteiger partial charge >= 0.3 is 0 Å². The van der Waals surface area contributed by atoms with Crippen molar-refractivity contribution in [3.8, 4) is 0 Å². The van der Waals surface area contributed by atoms with Crippen molar-refractivity contribution in [2.75, 3.05) is 11.1 Å². The molecule has 4 nitrogen and oxygen atoms in total. The molecule has 3 aromatic rings. The molecule has 3 rings (SSSR count). The molecule has 0 fully saturated rings. The monoisotopic (exact) mass is 382 g/mol. The Kier molecular flexibility index (Phi) is 6.04. The molecule has 0 aliphatic heterocycles. The van der Waals surface area contributed by atoms with Gasteiger partial charge in [0, 0.05) is 22.2 Å². The lowest BCUT2D eigenvalue weighted by Gasteiger charge is -2.06. The molecule has 6 heteroatoms. The number of pyridine rings is 1. The quantitative estimate of drug-likeness (QED) is 0.483. The number of anilines is 1. The number of hydrogen-bond acceptors (Lipinski definition) is 4. The van der Waals surface area contributed by atoms with E-state index in [0.717, 1.165) is 4.90 Å². The largest absolute Gasteiger partial charge is 0.307 e. The van der Waals surface area contributed by atoms with Gasteiger partial charge in [0.05, 0.1) is 10.8 Å². The number of rotatable bonds is 6. The summed E-state index contributed by atoms with van der Waals surface area (Å²) in [6, 6.07) is 19.6. The Balaban J connectivity index is 1.63. The summed E-state index contributed by atoms with van der Waals surface area (Å²) in [5, 5.41) is 3.22. The number of thioether (sulfide) groups is 1. The van der Waals surface area contributed by atoms with Crippen LogP contribution in [-0.4, -0.2) is 22.4 Å². The molecule has 0 unspecified atom stereocenters. The highest BCUT2D eigenvalue weighted by Gasteiger charge is 2.10. The van der Waals surface area contributed by atoms with Crippen molar-refractivity contribution in [1.29, 1.82) is 0 Å². The van der Waals surface area contributed by atoms with Crippen molar-refractivity contribution >= 4 is 40.9 Å². The predicted molar refractivity (Wildman–Crippen MR) is 105 cm³/mol. The fourth-order valence-electron chi connectivity index (χ4n) is 2.22. The second-order valence-electron chi connectivity index (χ2n) is 5.42. The number of benzene rings is 2. The molecule has 1 N–H and O–H groups in total. The second-order valence-corrected chi connectivity index (χ2v) is 6.91. The van der Waals surface area contributed by atoms with Crippen LogP contribution in [0.15, 0.2) is 77.8 Å². The molecule has 0 saturated carbocycles. The highest BCUT2D eigenvalue weighted by atomic mass is 35.5. The van der Waals surface area contributed by atoms with Crippen LogP contribution in [0.2, 0.25) is 5.02 Å². The smallest absolute Gasteiger partial charge is 0.256 e. The van der Waals surface area contributed by atoms with Crippen molar-refractivity contribution in [1.82, 2.24) is 4.98 Å². The molecule has 1 aromatic heterocycles.